The molecule has 1 aromatic rings. The Morgan fingerprint density at radius 1 is 1.14 bits per heavy atom. The van der Waals surface area contributed by atoms with Gasteiger partial charge in [-0.1, -0.05) is 30.3 Å². The van der Waals surface area contributed by atoms with Gasteiger partial charge in [0.15, 0.2) is 0 Å². The van der Waals surface area contributed by atoms with Crippen molar-refractivity contribution in [3.05, 3.63) is 35.9 Å². The number of carbonyl (C=O) groups is 1. The molecule has 3 aliphatic heterocycles. The van der Waals surface area contributed by atoms with Crippen LogP contribution >= 0.6 is 0 Å². The van der Waals surface area contributed by atoms with E-state index in [0.717, 1.165) is 58.7 Å². The zero-order valence-corrected chi connectivity index (χ0v) is 17.5. The van der Waals surface area contributed by atoms with Crippen molar-refractivity contribution in [2.24, 2.45) is 5.41 Å². The molecule has 0 aliphatic carbocycles. The predicted octanol–water partition coefficient (Wildman–Crippen LogP) is 3.89. The van der Waals surface area contributed by atoms with Crippen LogP contribution in [0.15, 0.2) is 30.3 Å². The lowest BCUT2D eigenvalue weighted by Gasteiger charge is -2.58. The van der Waals surface area contributed by atoms with Gasteiger partial charge < -0.3 is 14.4 Å². The van der Waals surface area contributed by atoms with Crippen molar-refractivity contribution in [3.8, 4) is 0 Å². The lowest BCUT2D eigenvalue weighted by molar-refractivity contribution is -0.0978. The number of hydrogen-bond acceptors (Lipinski definition) is 4. The third kappa shape index (κ3) is 4.20. The molecule has 3 heterocycles. The quantitative estimate of drug-likeness (QED) is 0.773. The number of hydrogen-bond donors (Lipinski definition) is 0. The van der Waals surface area contributed by atoms with Crippen LogP contribution in [0.3, 0.4) is 0 Å². The van der Waals surface area contributed by atoms with Crippen molar-refractivity contribution in [2.45, 2.75) is 57.6 Å². The molecule has 0 aromatic heterocycles. The van der Waals surface area contributed by atoms with Gasteiger partial charge in [0.05, 0.1) is 6.61 Å². The van der Waals surface area contributed by atoms with Crippen LogP contribution in [0.4, 0.5) is 4.79 Å². The fraction of sp³-hybridized carbons (Fsp3) is 0.696. The van der Waals surface area contributed by atoms with Crippen molar-refractivity contribution in [2.75, 3.05) is 39.4 Å². The molecule has 2 atom stereocenters. The molecule has 3 fully saturated rings. The van der Waals surface area contributed by atoms with Crippen molar-refractivity contribution in [1.82, 2.24) is 9.80 Å². The SMILES string of the molecule is CC(C)(C)OC(=O)N1CCC2(CC1)CN(C1CCOCC1c1ccccc1)C2. The lowest BCUT2D eigenvalue weighted by atomic mass is 9.70. The first-order chi connectivity index (χ1) is 13.4. The van der Waals surface area contributed by atoms with E-state index in [4.69, 9.17) is 9.47 Å². The van der Waals surface area contributed by atoms with Crippen molar-refractivity contribution >= 4 is 6.09 Å². The first-order valence-electron chi connectivity index (χ1n) is 10.7. The van der Waals surface area contributed by atoms with Crippen LogP contribution in [-0.4, -0.2) is 66.9 Å². The van der Waals surface area contributed by atoms with Gasteiger partial charge in [0.1, 0.15) is 5.60 Å². The molecule has 3 saturated heterocycles. The molecule has 4 rings (SSSR count). The molecule has 1 aromatic carbocycles. The number of carbonyl (C=O) groups excluding carboxylic acids is 1. The second-order valence-corrected chi connectivity index (χ2v) is 9.82. The molecule has 1 spiro atoms. The molecule has 2 unspecified atom stereocenters. The van der Waals surface area contributed by atoms with Crippen LogP contribution < -0.4 is 0 Å². The van der Waals surface area contributed by atoms with E-state index in [1.165, 1.54) is 5.56 Å². The summed E-state index contributed by atoms with van der Waals surface area (Å²) in [5, 5.41) is 0. The third-order valence-electron chi connectivity index (χ3n) is 6.57. The summed E-state index contributed by atoms with van der Waals surface area (Å²) in [6.07, 6.45) is 3.12. The van der Waals surface area contributed by atoms with E-state index in [9.17, 15) is 4.79 Å². The van der Waals surface area contributed by atoms with E-state index in [1.807, 2.05) is 25.7 Å². The molecule has 0 N–H and O–H groups in total. The zero-order chi connectivity index (χ0) is 19.8. The Bertz CT molecular complexity index is 669. The smallest absolute Gasteiger partial charge is 0.410 e. The zero-order valence-electron chi connectivity index (χ0n) is 17.5. The van der Waals surface area contributed by atoms with Gasteiger partial charge in [-0.25, -0.2) is 4.79 Å². The average molecular weight is 387 g/mol. The minimum atomic E-state index is -0.422. The first-order valence-corrected chi connectivity index (χ1v) is 10.7. The molecule has 5 heteroatoms. The normalized spacial score (nSPS) is 28.0. The number of amides is 1. The maximum absolute atomic E-state index is 12.3. The topological polar surface area (TPSA) is 42.0 Å². The lowest BCUT2D eigenvalue weighted by Crippen LogP contribution is -2.65. The van der Waals surface area contributed by atoms with Gasteiger partial charge in [-0.05, 0) is 51.0 Å². The summed E-state index contributed by atoms with van der Waals surface area (Å²) in [6.45, 7) is 11.4. The molecule has 0 radical (unpaired) electrons. The molecule has 1 amide bonds. The summed E-state index contributed by atoms with van der Waals surface area (Å²) in [7, 11) is 0. The Kier molecular flexibility index (Phi) is 5.41. The summed E-state index contributed by atoms with van der Waals surface area (Å²) in [5.41, 5.74) is 1.36. The van der Waals surface area contributed by atoms with Gasteiger partial charge in [-0.3, -0.25) is 4.90 Å². The number of piperidine rings is 1. The number of ether oxygens (including phenoxy) is 2. The Morgan fingerprint density at radius 2 is 1.82 bits per heavy atom. The Hall–Kier alpha value is -1.59. The predicted molar refractivity (Wildman–Crippen MR) is 109 cm³/mol. The molecule has 5 nitrogen and oxygen atoms in total. The monoisotopic (exact) mass is 386 g/mol. The van der Waals surface area contributed by atoms with E-state index in [2.05, 4.69) is 35.2 Å². The van der Waals surface area contributed by atoms with Crippen LogP contribution in [0, 0.1) is 5.41 Å². The van der Waals surface area contributed by atoms with E-state index < -0.39 is 5.60 Å². The Morgan fingerprint density at radius 3 is 2.46 bits per heavy atom. The molecule has 3 aliphatic rings. The van der Waals surface area contributed by atoms with Gasteiger partial charge in [0, 0.05) is 44.7 Å². The molecule has 0 saturated carbocycles. The van der Waals surface area contributed by atoms with Gasteiger partial charge in [0.2, 0.25) is 0 Å². The summed E-state index contributed by atoms with van der Waals surface area (Å²) in [6, 6.07) is 11.4. The minimum Gasteiger partial charge on any atom is -0.444 e. The number of benzene rings is 1. The summed E-state index contributed by atoms with van der Waals surface area (Å²) >= 11 is 0. The molecular formula is C23H34N2O3. The number of rotatable bonds is 2. The van der Waals surface area contributed by atoms with Crippen LogP contribution in [0.2, 0.25) is 0 Å². The highest BCUT2D eigenvalue weighted by atomic mass is 16.6. The van der Waals surface area contributed by atoms with Crippen LogP contribution in [-0.2, 0) is 9.47 Å². The maximum atomic E-state index is 12.3. The van der Waals surface area contributed by atoms with Crippen LogP contribution in [0.5, 0.6) is 0 Å². The molecule has 0 bridgehead atoms. The summed E-state index contributed by atoms with van der Waals surface area (Å²) in [4.78, 5) is 16.9. The summed E-state index contributed by atoms with van der Waals surface area (Å²) < 4.78 is 11.4. The highest BCUT2D eigenvalue weighted by Crippen LogP contribution is 2.44. The second kappa shape index (κ2) is 7.68. The molecule has 28 heavy (non-hydrogen) atoms. The van der Waals surface area contributed by atoms with Gasteiger partial charge in [-0.2, -0.15) is 0 Å². The highest BCUT2D eigenvalue weighted by molar-refractivity contribution is 5.68. The molecular weight excluding hydrogens is 352 g/mol. The average Bonchev–Trinajstić information content (AvgIpc) is 2.65. The van der Waals surface area contributed by atoms with Crippen molar-refractivity contribution < 1.29 is 14.3 Å². The first kappa shape index (κ1) is 19.7. The largest absolute Gasteiger partial charge is 0.444 e. The summed E-state index contributed by atoms with van der Waals surface area (Å²) in [5.74, 6) is 0.467. The van der Waals surface area contributed by atoms with Gasteiger partial charge >= 0.3 is 6.09 Å². The third-order valence-corrected chi connectivity index (χ3v) is 6.57. The minimum absolute atomic E-state index is 0.160. The van der Waals surface area contributed by atoms with Gasteiger partial charge in [-0.15, -0.1) is 0 Å². The fourth-order valence-corrected chi connectivity index (χ4v) is 5.04. The fourth-order valence-electron chi connectivity index (χ4n) is 5.04. The van der Waals surface area contributed by atoms with E-state index >= 15 is 0 Å². The standard InChI is InChI=1S/C23H34N2O3/c1-22(2,3)28-21(26)24-12-10-23(11-13-24)16-25(17-23)20-9-14-27-15-19(20)18-7-5-4-6-8-18/h4-8,19-20H,9-17H2,1-3H3. The second-order valence-electron chi connectivity index (χ2n) is 9.82. The molecule has 154 valence electrons. The van der Waals surface area contributed by atoms with E-state index in [-0.39, 0.29) is 6.09 Å². The van der Waals surface area contributed by atoms with Crippen LogP contribution in [0.25, 0.3) is 0 Å². The Labute approximate surface area is 169 Å². The van der Waals surface area contributed by atoms with E-state index in [1.54, 1.807) is 0 Å². The van der Waals surface area contributed by atoms with E-state index in [0.29, 0.717) is 17.4 Å². The van der Waals surface area contributed by atoms with Gasteiger partial charge in [0.25, 0.3) is 0 Å². The highest BCUT2D eigenvalue weighted by Gasteiger charge is 2.49. The number of nitrogens with zero attached hydrogens (tertiary/aromatic N) is 2. The van der Waals surface area contributed by atoms with Crippen molar-refractivity contribution in [1.29, 1.82) is 0 Å². The van der Waals surface area contributed by atoms with Crippen molar-refractivity contribution in [3.63, 3.8) is 0 Å². The maximum Gasteiger partial charge on any atom is 0.410 e. The van der Waals surface area contributed by atoms with Crippen LogP contribution in [0.1, 0.15) is 51.5 Å². The Balaban J connectivity index is 1.32. The number of likely N-dealkylation sites (tertiary alicyclic amines) is 2.